The van der Waals surface area contributed by atoms with Crippen LogP contribution < -0.4 is 5.73 Å². The molecule has 1 aromatic carbocycles. The number of esters is 1. The monoisotopic (exact) mass is 318 g/mol. The number of rotatable bonds is 3. The van der Waals surface area contributed by atoms with Crippen molar-refractivity contribution in [3.8, 4) is 0 Å². The average molecular weight is 319 g/mol. The second kappa shape index (κ2) is 6.09. The maximum Gasteiger partial charge on any atom is 0.310 e. The second-order valence-corrected chi connectivity index (χ2v) is 5.91. The summed E-state index contributed by atoms with van der Waals surface area (Å²) in [6, 6.07) is 4.05. The minimum absolute atomic E-state index is 0.200. The van der Waals surface area contributed by atoms with Crippen LogP contribution in [0.3, 0.4) is 0 Å². The number of nitrogens with zero attached hydrogens (tertiary/aromatic N) is 1. The first-order valence-electron chi connectivity index (χ1n) is 5.96. The number of anilines is 1. The lowest BCUT2D eigenvalue weighted by molar-refractivity contribution is -0.146. The highest BCUT2D eigenvalue weighted by molar-refractivity contribution is 7.79. The van der Waals surface area contributed by atoms with Crippen LogP contribution in [0.15, 0.2) is 23.1 Å². The summed E-state index contributed by atoms with van der Waals surface area (Å²) >= 11 is 3.96. The molecular weight excluding hydrogens is 304 g/mol. The van der Waals surface area contributed by atoms with E-state index in [0.717, 1.165) is 0 Å². The Kier molecular flexibility index (Phi) is 4.64. The molecule has 110 valence electrons. The van der Waals surface area contributed by atoms with E-state index in [2.05, 4.69) is 0 Å². The molecule has 1 aliphatic heterocycles. The maximum absolute atomic E-state index is 11.8. The van der Waals surface area contributed by atoms with Gasteiger partial charge in [0.25, 0.3) is 0 Å². The molecule has 1 saturated heterocycles. The van der Waals surface area contributed by atoms with Gasteiger partial charge in [0.2, 0.25) is 0 Å². The number of nitrogen functional groups attached to an aromatic ring is 1. The molecule has 0 aliphatic carbocycles. The number of benzene rings is 1. The summed E-state index contributed by atoms with van der Waals surface area (Å²) < 4.78 is 27.0. The number of ether oxygens (including phenoxy) is 1. The van der Waals surface area contributed by atoms with Crippen LogP contribution >= 0.6 is 11.8 Å². The highest BCUT2D eigenvalue weighted by Gasteiger charge is 2.41. The lowest BCUT2D eigenvalue weighted by Crippen LogP contribution is -2.25. The molecule has 1 aliphatic rings. The van der Waals surface area contributed by atoms with Gasteiger partial charge in [-0.25, -0.2) is 8.63 Å². The highest BCUT2D eigenvalue weighted by atomic mass is 35.5. The number of hydrogen-bond donors (Lipinski definition) is 2. The third-order valence-corrected chi connectivity index (χ3v) is 4.51. The minimum Gasteiger partial charge on any atom is -0.469 e. The lowest BCUT2D eigenvalue weighted by Gasteiger charge is -2.23. The van der Waals surface area contributed by atoms with E-state index in [0.29, 0.717) is 24.2 Å². The molecule has 1 fully saturated rings. The Balaban J connectivity index is 2.49. The molecule has 6 nitrogen and oxygen atoms in total. The van der Waals surface area contributed by atoms with E-state index in [1.165, 1.54) is 23.7 Å². The molecule has 8 heteroatoms. The summed E-state index contributed by atoms with van der Waals surface area (Å²) in [7, 11) is 1.31. The molecule has 0 spiro atoms. The Morgan fingerprint density at radius 1 is 1.60 bits per heavy atom. The maximum atomic E-state index is 11.8. The minimum atomic E-state index is -2.18. The molecule has 0 amide bonds. The summed E-state index contributed by atoms with van der Waals surface area (Å²) in [4.78, 5) is 12.0. The Morgan fingerprint density at radius 2 is 2.30 bits per heavy atom. The SMILES string of the molecule is COC(=O)C1CCN(Cl)C1c1cc(N)ccc1S(=O)O. The number of nitrogens with two attached hydrogens (primary N) is 1. The van der Waals surface area contributed by atoms with Gasteiger partial charge in [0.1, 0.15) is 0 Å². The average Bonchev–Trinajstić information content (AvgIpc) is 2.79. The number of methoxy groups -OCH3 is 1. The van der Waals surface area contributed by atoms with Crippen LogP contribution in [0.5, 0.6) is 0 Å². The van der Waals surface area contributed by atoms with Crippen LogP contribution in [0.25, 0.3) is 0 Å². The van der Waals surface area contributed by atoms with Crippen LogP contribution in [-0.4, -0.2) is 32.8 Å². The van der Waals surface area contributed by atoms with Crippen molar-refractivity contribution in [2.75, 3.05) is 19.4 Å². The van der Waals surface area contributed by atoms with Gasteiger partial charge in [-0.1, -0.05) is 0 Å². The van der Waals surface area contributed by atoms with Crippen LogP contribution in [-0.2, 0) is 20.6 Å². The second-order valence-electron chi connectivity index (χ2n) is 4.53. The topological polar surface area (TPSA) is 92.9 Å². The van der Waals surface area contributed by atoms with Gasteiger partial charge in [0.05, 0.1) is 24.0 Å². The highest BCUT2D eigenvalue weighted by Crippen LogP contribution is 2.41. The van der Waals surface area contributed by atoms with Gasteiger partial charge in [-0.15, -0.1) is 0 Å². The van der Waals surface area contributed by atoms with Gasteiger partial charge in [0.15, 0.2) is 11.1 Å². The predicted octanol–water partition coefficient (Wildman–Crippen LogP) is 1.54. The third kappa shape index (κ3) is 2.80. The van der Waals surface area contributed by atoms with E-state index >= 15 is 0 Å². The molecule has 20 heavy (non-hydrogen) atoms. The first kappa shape index (κ1) is 15.2. The molecule has 0 saturated carbocycles. The molecule has 3 unspecified atom stereocenters. The lowest BCUT2D eigenvalue weighted by atomic mass is 9.94. The zero-order valence-corrected chi connectivity index (χ0v) is 12.4. The van der Waals surface area contributed by atoms with Gasteiger partial charge in [-0.2, -0.15) is 0 Å². The molecule has 3 N–H and O–H groups in total. The molecule has 1 aromatic rings. The van der Waals surface area contributed by atoms with Crippen molar-refractivity contribution in [3.63, 3.8) is 0 Å². The first-order valence-corrected chi connectivity index (χ1v) is 7.40. The summed E-state index contributed by atoms with van der Waals surface area (Å²) in [6.45, 7) is 0.484. The molecule has 0 bridgehead atoms. The number of hydrogen-bond acceptors (Lipinski definition) is 5. The van der Waals surface area contributed by atoms with E-state index < -0.39 is 29.0 Å². The Bertz CT molecular complexity index is 554. The molecule has 0 radical (unpaired) electrons. The van der Waals surface area contributed by atoms with Crippen LogP contribution in [0.2, 0.25) is 0 Å². The Labute approximate surface area is 124 Å². The van der Waals surface area contributed by atoms with E-state index in [4.69, 9.17) is 22.2 Å². The van der Waals surface area contributed by atoms with E-state index in [1.54, 1.807) is 6.07 Å². The fourth-order valence-electron chi connectivity index (χ4n) is 2.48. The van der Waals surface area contributed by atoms with E-state index in [9.17, 15) is 13.6 Å². The van der Waals surface area contributed by atoms with Crippen LogP contribution in [0.1, 0.15) is 18.0 Å². The number of halogens is 1. The van der Waals surface area contributed by atoms with Crippen molar-refractivity contribution in [3.05, 3.63) is 23.8 Å². The van der Waals surface area contributed by atoms with Crippen LogP contribution in [0, 0.1) is 5.92 Å². The van der Waals surface area contributed by atoms with Crippen molar-refractivity contribution in [2.45, 2.75) is 17.4 Å². The van der Waals surface area contributed by atoms with Crippen molar-refractivity contribution < 1.29 is 18.3 Å². The summed E-state index contributed by atoms with van der Waals surface area (Å²) in [5.74, 6) is -0.878. The quantitative estimate of drug-likeness (QED) is 0.380. The van der Waals surface area contributed by atoms with Gasteiger partial charge in [0, 0.05) is 12.2 Å². The van der Waals surface area contributed by atoms with Crippen molar-refractivity contribution in [2.24, 2.45) is 5.92 Å². The van der Waals surface area contributed by atoms with Gasteiger partial charge >= 0.3 is 5.97 Å². The zero-order valence-electron chi connectivity index (χ0n) is 10.8. The molecule has 0 aromatic heterocycles. The van der Waals surface area contributed by atoms with E-state index in [1.807, 2.05) is 0 Å². The number of carbonyl (C=O) groups is 1. The molecule has 2 rings (SSSR count). The standard InChI is InChI=1S/C12H15ClN2O4S/c1-19-12(16)8-4-5-15(13)11(8)9-6-7(14)2-3-10(9)20(17)18/h2-3,6,8,11H,4-5,14H2,1H3,(H,17,18). The van der Waals surface area contributed by atoms with Crippen molar-refractivity contribution >= 4 is 34.5 Å². The molecular formula is C12H15ClN2O4S. The van der Waals surface area contributed by atoms with Gasteiger partial charge < -0.3 is 15.0 Å². The molecule has 3 atom stereocenters. The predicted molar refractivity (Wildman–Crippen MR) is 75.3 cm³/mol. The Hall–Kier alpha value is -1.15. The Morgan fingerprint density at radius 3 is 2.90 bits per heavy atom. The normalized spacial score (nSPS) is 24.6. The smallest absolute Gasteiger partial charge is 0.310 e. The summed E-state index contributed by atoms with van der Waals surface area (Å²) in [5, 5.41) is 0. The third-order valence-electron chi connectivity index (χ3n) is 3.38. The largest absolute Gasteiger partial charge is 0.469 e. The first-order chi connectivity index (χ1) is 9.45. The van der Waals surface area contributed by atoms with Crippen molar-refractivity contribution in [1.82, 2.24) is 4.42 Å². The number of carbonyl (C=O) groups excluding carboxylic acids is 1. The van der Waals surface area contributed by atoms with E-state index in [-0.39, 0.29) is 4.90 Å². The van der Waals surface area contributed by atoms with Gasteiger partial charge in [-0.05, 0) is 42.0 Å². The van der Waals surface area contributed by atoms with Gasteiger partial charge in [-0.3, -0.25) is 4.79 Å². The summed E-state index contributed by atoms with van der Waals surface area (Å²) in [6.07, 6.45) is 0.521. The fourth-order valence-corrected chi connectivity index (χ4v) is 3.38. The zero-order chi connectivity index (χ0) is 14.9. The summed E-state index contributed by atoms with van der Waals surface area (Å²) in [5.41, 5.74) is 6.66. The molecule has 1 heterocycles. The van der Waals surface area contributed by atoms with Crippen molar-refractivity contribution in [1.29, 1.82) is 0 Å². The fraction of sp³-hybridized carbons (Fsp3) is 0.417. The van der Waals surface area contributed by atoms with Crippen LogP contribution in [0.4, 0.5) is 5.69 Å².